The Kier molecular flexibility index (Phi) is 7.37. The number of amides is 1. The second-order valence-corrected chi connectivity index (χ2v) is 8.72. The molecular formula is C24H26N2O5S. The molecule has 0 saturated heterocycles. The minimum absolute atomic E-state index is 0.0520. The van der Waals surface area contributed by atoms with Gasteiger partial charge in [0.15, 0.2) is 0 Å². The number of carbonyl (C=O) groups is 1. The smallest absolute Gasteiger partial charge is 0.261 e. The molecule has 8 heteroatoms. The van der Waals surface area contributed by atoms with Crippen LogP contribution in [0.1, 0.15) is 35.3 Å². The maximum Gasteiger partial charge on any atom is 0.261 e. The lowest BCUT2D eigenvalue weighted by atomic mass is 10.0. The van der Waals surface area contributed by atoms with Crippen molar-refractivity contribution in [3.8, 4) is 11.5 Å². The van der Waals surface area contributed by atoms with Gasteiger partial charge in [-0.05, 0) is 54.4 Å². The van der Waals surface area contributed by atoms with Crippen molar-refractivity contribution >= 4 is 21.6 Å². The van der Waals surface area contributed by atoms with Gasteiger partial charge < -0.3 is 14.8 Å². The molecule has 0 aliphatic carbocycles. The van der Waals surface area contributed by atoms with Crippen molar-refractivity contribution in [2.24, 2.45) is 0 Å². The van der Waals surface area contributed by atoms with Gasteiger partial charge in [-0.2, -0.15) is 0 Å². The topological polar surface area (TPSA) is 93.7 Å². The maximum absolute atomic E-state index is 13.2. The van der Waals surface area contributed by atoms with Crippen molar-refractivity contribution < 1.29 is 22.7 Å². The fraction of sp³-hybridized carbons (Fsp3) is 0.208. The monoisotopic (exact) mass is 454 g/mol. The van der Waals surface area contributed by atoms with Gasteiger partial charge in [-0.25, -0.2) is 8.42 Å². The molecule has 0 aliphatic heterocycles. The summed E-state index contributed by atoms with van der Waals surface area (Å²) in [4.78, 5) is 13.2. The third kappa shape index (κ3) is 5.39. The molecule has 0 heterocycles. The van der Waals surface area contributed by atoms with Gasteiger partial charge in [0, 0.05) is 0 Å². The Hall–Kier alpha value is -3.52. The molecule has 0 unspecified atom stereocenters. The fourth-order valence-electron chi connectivity index (χ4n) is 3.23. The van der Waals surface area contributed by atoms with Crippen LogP contribution in [0.4, 0.5) is 5.69 Å². The van der Waals surface area contributed by atoms with Crippen LogP contribution < -0.4 is 19.5 Å². The van der Waals surface area contributed by atoms with Gasteiger partial charge in [0.1, 0.15) is 11.5 Å². The molecule has 3 rings (SSSR count). The molecule has 3 aromatic carbocycles. The SMILES string of the molecule is CC[C@H](NC(=O)c1cc(OC)ccc1NS(=O)(=O)c1ccc(OC)cc1)c1ccccc1. The van der Waals surface area contributed by atoms with E-state index in [4.69, 9.17) is 9.47 Å². The molecule has 0 bridgehead atoms. The average Bonchev–Trinajstić information content (AvgIpc) is 2.83. The van der Waals surface area contributed by atoms with Gasteiger partial charge in [0.2, 0.25) is 0 Å². The Morgan fingerprint density at radius 2 is 1.53 bits per heavy atom. The van der Waals surface area contributed by atoms with E-state index in [1.807, 2.05) is 37.3 Å². The number of benzene rings is 3. The third-order valence-corrected chi connectivity index (χ3v) is 6.38. The van der Waals surface area contributed by atoms with Gasteiger partial charge in [-0.15, -0.1) is 0 Å². The number of methoxy groups -OCH3 is 2. The maximum atomic E-state index is 13.2. The van der Waals surface area contributed by atoms with E-state index in [0.29, 0.717) is 17.9 Å². The molecule has 32 heavy (non-hydrogen) atoms. The third-order valence-electron chi connectivity index (χ3n) is 5.00. The van der Waals surface area contributed by atoms with Crippen LogP contribution in [0.15, 0.2) is 77.7 Å². The zero-order chi connectivity index (χ0) is 23.1. The van der Waals surface area contributed by atoms with Gasteiger partial charge in [-0.3, -0.25) is 9.52 Å². The first-order valence-corrected chi connectivity index (χ1v) is 11.6. The summed E-state index contributed by atoms with van der Waals surface area (Å²) in [6, 6.07) is 20.0. The number of rotatable bonds is 9. The number of carbonyl (C=O) groups excluding carboxylic acids is 1. The van der Waals surface area contributed by atoms with Crippen LogP contribution in [-0.4, -0.2) is 28.5 Å². The van der Waals surface area contributed by atoms with Crippen LogP contribution >= 0.6 is 0 Å². The molecule has 7 nitrogen and oxygen atoms in total. The summed E-state index contributed by atoms with van der Waals surface area (Å²) < 4.78 is 38.7. The Morgan fingerprint density at radius 1 is 0.906 bits per heavy atom. The first-order valence-electron chi connectivity index (χ1n) is 10.1. The van der Waals surface area contributed by atoms with Crippen LogP contribution in [0.3, 0.4) is 0 Å². The second kappa shape index (κ2) is 10.2. The lowest BCUT2D eigenvalue weighted by Gasteiger charge is -2.19. The summed E-state index contributed by atoms with van der Waals surface area (Å²) in [6.45, 7) is 1.97. The summed E-state index contributed by atoms with van der Waals surface area (Å²) in [5, 5.41) is 2.99. The van der Waals surface area contributed by atoms with Crippen molar-refractivity contribution in [3.63, 3.8) is 0 Å². The molecule has 0 spiro atoms. The highest BCUT2D eigenvalue weighted by Crippen LogP contribution is 2.27. The number of hydrogen-bond donors (Lipinski definition) is 2. The summed E-state index contributed by atoms with van der Waals surface area (Å²) in [6.07, 6.45) is 0.673. The lowest BCUT2D eigenvalue weighted by molar-refractivity contribution is 0.0936. The number of hydrogen-bond acceptors (Lipinski definition) is 5. The van der Waals surface area contributed by atoms with Crippen LogP contribution in [0, 0.1) is 0 Å². The van der Waals surface area contributed by atoms with E-state index < -0.39 is 15.9 Å². The molecule has 1 atom stereocenters. The van der Waals surface area contributed by atoms with E-state index in [1.54, 1.807) is 18.2 Å². The number of ether oxygens (including phenoxy) is 2. The van der Waals surface area contributed by atoms with Gasteiger partial charge >= 0.3 is 0 Å². The van der Waals surface area contributed by atoms with Crippen molar-refractivity contribution in [1.29, 1.82) is 0 Å². The van der Waals surface area contributed by atoms with Gasteiger partial charge in [0.25, 0.3) is 15.9 Å². The first-order chi connectivity index (χ1) is 15.4. The minimum Gasteiger partial charge on any atom is -0.497 e. The molecular weight excluding hydrogens is 428 g/mol. The first kappa shape index (κ1) is 23.1. The van der Waals surface area contributed by atoms with Gasteiger partial charge in [-0.1, -0.05) is 37.3 Å². The second-order valence-electron chi connectivity index (χ2n) is 7.04. The van der Waals surface area contributed by atoms with Crippen molar-refractivity contribution in [2.75, 3.05) is 18.9 Å². The van der Waals surface area contributed by atoms with E-state index in [-0.39, 0.29) is 22.2 Å². The summed E-state index contributed by atoms with van der Waals surface area (Å²) in [5.74, 6) is 0.572. The Bertz CT molecular complexity index is 1160. The molecule has 0 saturated carbocycles. The zero-order valence-electron chi connectivity index (χ0n) is 18.2. The predicted molar refractivity (Wildman–Crippen MR) is 124 cm³/mol. The molecule has 0 radical (unpaired) electrons. The van der Waals surface area contributed by atoms with E-state index in [0.717, 1.165) is 5.56 Å². The molecule has 0 aliphatic rings. The number of sulfonamides is 1. The van der Waals surface area contributed by atoms with E-state index >= 15 is 0 Å². The average molecular weight is 455 g/mol. The van der Waals surface area contributed by atoms with E-state index in [1.165, 1.54) is 38.5 Å². The van der Waals surface area contributed by atoms with Crippen LogP contribution in [0.25, 0.3) is 0 Å². The normalized spacial score (nSPS) is 12.0. The molecule has 0 fully saturated rings. The van der Waals surface area contributed by atoms with E-state index in [9.17, 15) is 13.2 Å². The highest BCUT2D eigenvalue weighted by molar-refractivity contribution is 7.92. The van der Waals surface area contributed by atoms with Gasteiger partial charge in [0.05, 0.1) is 36.4 Å². The summed E-state index contributed by atoms with van der Waals surface area (Å²) in [7, 11) is -0.940. The van der Waals surface area contributed by atoms with Crippen LogP contribution in [0.2, 0.25) is 0 Å². The Morgan fingerprint density at radius 3 is 2.12 bits per heavy atom. The fourth-order valence-corrected chi connectivity index (χ4v) is 4.31. The van der Waals surface area contributed by atoms with E-state index in [2.05, 4.69) is 10.0 Å². The Labute approximate surface area is 188 Å². The highest BCUT2D eigenvalue weighted by atomic mass is 32.2. The molecule has 168 valence electrons. The summed E-state index contributed by atoms with van der Waals surface area (Å²) in [5.41, 5.74) is 1.28. The van der Waals surface area contributed by atoms with Crippen molar-refractivity contribution in [1.82, 2.24) is 5.32 Å². The largest absolute Gasteiger partial charge is 0.497 e. The van der Waals surface area contributed by atoms with Crippen LogP contribution in [0.5, 0.6) is 11.5 Å². The van der Waals surface area contributed by atoms with Crippen molar-refractivity contribution in [3.05, 3.63) is 83.9 Å². The lowest BCUT2D eigenvalue weighted by Crippen LogP contribution is -2.29. The zero-order valence-corrected chi connectivity index (χ0v) is 19.0. The molecule has 2 N–H and O–H groups in total. The molecule has 1 amide bonds. The minimum atomic E-state index is -3.93. The number of anilines is 1. The van der Waals surface area contributed by atoms with Crippen LogP contribution in [-0.2, 0) is 10.0 Å². The molecule has 0 aromatic heterocycles. The molecule has 3 aromatic rings. The Balaban J connectivity index is 1.91. The number of nitrogens with one attached hydrogen (secondary N) is 2. The quantitative estimate of drug-likeness (QED) is 0.500. The standard InChI is InChI=1S/C24H26N2O5S/c1-4-22(17-8-6-5-7-9-17)25-24(27)21-16-19(31-3)12-15-23(21)26-32(28,29)20-13-10-18(30-2)11-14-20/h5-16,22,26H,4H2,1-3H3,(H,25,27)/t22-/m0/s1. The predicted octanol–water partition coefficient (Wildman–Crippen LogP) is 4.39. The van der Waals surface area contributed by atoms with Crippen molar-refractivity contribution in [2.45, 2.75) is 24.3 Å². The highest BCUT2D eigenvalue weighted by Gasteiger charge is 2.22. The summed E-state index contributed by atoms with van der Waals surface area (Å²) >= 11 is 0.